The molecule has 0 saturated carbocycles. The van der Waals surface area contributed by atoms with Crippen LogP contribution in [0, 0.1) is 3.57 Å². The molecule has 0 bridgehead atoms. The first kappa shape index (κ1) is 19.8. The lowest BCUT2D eigenvalue weighted by Gasteiger charge is -2.12. The van der Waals surface area contributed by atoms with Gasteiger partial charge in [0.1, 0.15) is 12.4 Å². The Morgan fingerprint density at radius 1 is 1.30 bits per heavy atom. The van der Waals surface area contributed by atoms with Crippen molar-refractivity contribution in [3.8, 4) is 5.75 Å². The number of anilines is 1. The molecule has 0 unspecified atom stereocenters. The van der Waals surface area contributed by atoms with Crippen LogP contribution in [-0.2, 0) is 11.2 Å². The van der Waals surface area contributed by atoms with Crippen molar-refractivity contribution >= 4 is 52.0 Å². The maximum Gasteiger partial charge on any atom is 0.260 e. The molecule has 4 nitrogen and oxygen atoms in total. The highest BCUT2D eigenvalue weighted by atomic mass is 127. The van der Waals surface area contributed by atoms with Gasteiger partial charge in [-0.2, -0.15) is 0 Å². The third-order valence-corrected chi connectivity index (χ3v) is 5.87. The van der Waals surface area contributed by atoms with Gasteiger partial charge in [0, 0.05) is 5.69 Å². The molecule has 0 aromatic heterocycles. The number of hydrogen-bond donors (Lipinski definition) is 2. The minimum Gasteiger partial charge on any atom is -0.488 e. The van der Waals surface area contributed by atoms with Crippen molar-refractivity contribution in [3.05, 3.63) is 74.7 Å². The van der Waals surface area contributed by atoms with Gasteiger partial charge in [0.15, 0.2) is 5.50 Å². The lowest BCUT2D eigenvalue weighted by molar-refractivity contribution is -0.116. The Labute approximate surface area is 177 Å². The maximum absolute atomic E-state index is 12.3. The van der Waals surface area contributed by atoms with Crippen LogP contribution in [0.3, 0.4) is 0 Å². The van der Waals surface area contributed by atoms with E-state index in [2.05, 4.69) is 58.9 Å². The summed E-state index contributed by atoms with van der Waals surface area (Å²) in [6.45, 7) is 6.26. The van der Waals surface area contributed by atoms with Crippen molar-refractivity contribution in [1.82, 2.24) is 5.32 Å². The Kier molecular flexibility index (Phi) is 6.84. The number of rotatable bonds is 7. The first-order valence-corrected chi connectivity index (χ1v) is 10.6. The zero-order chi connectivity index (χ0) is 19.2. The Balaban J connectivity index is 1.67. The SMILES string of the molecule is C=CCOc1ccc(/C=C2\S[C@@H](Nc3ccc(CC)cc3)NC2=O)cc1I. The van der Waals surface area contributed by atoms with Crippen LogP contribution in [0.1, 0.15) is 18.1 Å². The van der Waals surface area contributed by atoms with Crippen molar-refractivity contribution in [2.45, 2.75) is 18.8 Å². The van der Waals surface area contributed by atoms with Crippen LogP contribution in [0.2, 0.25) is 0 Å². The number of nitrogens with one attached hydrogen (secondary N) is 2. The van der Waals surface area contributed by atoms with Crippen LogP contribution in [0.5, 0.6) is 5.75 Å². The summed E-state index contributed by atoms with van der Waals surface area (Å²) in [5, 5.41) is 6.30. The van der Waals surface area contributed by atoms with Crippen LogP contribution in [-0.4, -0.2) is 18.0 Å². The summed E-state index contributed by atoms with van der Waals surface area (Å²) >= 11 is 3.72. The molecule has 1 atom stereocenters. The summed E-state index contributed by atoms with van der Waals surface area (Å²) < 4.78 is 6.59. The standard InChI is InChI=1S/C21H21IN2O2S/c1-3-11-26-18-10-7-15(12-17(18)22)13-19-20(25)24-21(27-19)23-16-8-5-14(4-2)6-9-16/h3,5-10,12-13,21,23H,1,4,11H2,2H3,(H,24,25)/b19-13-/t21-/m0/s1. The maximum atomic E-state index is 12.3. The number of benzene rings is 2. The minimum absolute atomic E-state index is 0.0651. The van der Waals surface area contributed by atoms with E-state index in [4.69, 9.17) is 4.74 Å². The predicted molar refractivity (Wildman–Crippen MR) is 122 cm³/mol. The van der Waals surface area contributed by atoms with Gasteiger partial charge < -0.3 is 15.4 Å². The highest BCUT2D eigenvalue weighted by Gasteiger charge is 2.27. The second kappa shape index (κ2) is 9.32. The molecule has 2 N–H and O–H groups in total. The van der Waals surface area contributed by atoms with E-state index in [1.165, 1.54) is 17.3 Å². The smallest absolute Gasteiger partial charge is 0.260 e. The number of carbonyl (C=O) groups excluding carboxylic acids is 1. The van der Waals surface area contributed by atoms with Gasteiger partial charge in [0.2, 0.25) is 0 Å². The molecule has 3 rings (SSSR count). The second-order valence-electron chi connectivity index (χ2n) is 5.96. The zero-order valence-corrected chi connectivity index (χ0v) is 18.0. The third kappa shape index (κ3) is 5.29. The van der Waals surface area contributed by atoms with E-state index in [0.29, 0.717) is 11.5 Å². The van der Waals surface area contributed by atoms with Crippen LogP contribution < -0.4 is 15.4 Å². The highest BCUT2D eigenvalue weighted by Crippen LogP contribution is 2.31. The second-order valence-corrected chi connectivity index (χ2v) is 8.27. The first-order valence-electron chi connectivity index (χ1n) is 8.67. The molecular weight excluding hydrogens is 471 g/mol. The molecule has 1 amide bonds. The number of halogens is 1. The van der Waals surface area contributed by atoms with Crippen LogP contribution >= 0.6 is 34.4 Å². The van der Waals surface area contributed by atoms with Crippen LogP contribution in [0.4, 0.5) is 5.69 Å². The van der Waals surface area contributed by atoms with Crippen LogP contribution in [0.25, 0.3) is 6.08 Å². The topological polar surface area (TPSA) is 50.4 Å². The van der Waals surface area contributed by atoms with Gasteiger partial charge >= 0.3 is 0 Å². The molecule has 1 aliphatic heterocycles. The molecule has 0 spiro atoms. The quantitative estimate of drug-likeness (QED) is 0.324. The summed E-state index contributed by atoms with van der Waals surface area (Å²) in [6.07, 6.45) is 4.63. The van der Waals surface area contributed by atoms with Gasteiger partial charge in [-0.05, 0) is 70.5 Å². The lowest BCUT2D eigenvalue weighted by atomic mass is 10.1. The van der Waals surface area contributed by atoms with Gasteiger partial charge in [0.25, 0.3) is 5.91 Å². The number of carbonyl (C=O) groups is 1. The molecule has 1 saturated heterocycles. The van der Waals surface area contributed by atoms with Gasteiger partial charge in [-0.3, -0.25) is 4.79 Å². The number of amides is 1. The number of aryl methyl sites for hydroxylation is 1. The number of hydrogen-bond acceptors (Lipinski definition) is 4. The van der Waals surface area contributed by atoms with E-state index in [9.17, 15) is 4.79 Å². The van der Waals surface area contributed by atoms with E-state index in [1.54, 1.807) is 6.08 Å². The summed E-state index contributed by atoms with van der Waals surface area (Å²) in [5.74, 6) is 0.751. The number of thioether (sulfide) groups is 1. The molecule has 0 radical (unpaired) electrons. The molecule has 6 heteroatoms. The monoisotopic (exact) mass is 492 g/mol. The molecule has 2 aromatic rings. The zero-order valence-electron chi connectivity index (χ0n) is 15.0. The van der Waals surface area contributed by atoms with E-state index in [-0.39, 0.29) is 11.4 Å². The average molecular weight is 492 g/mol. The summed E-state index contributed by atoms with van der Waals surface area (Å²) in [5.41, 5.74) is 3.07. The van der Waals surface area contributed by atoms with E-state index in [0.717, 1.165) is 27.0 Å². The third-order valence-electron chi connectivity index (χ3n) is 4.00. The molecule has 140 valence electrons. The molecule has 2 aromatic carbocycles. The minimum atomic E-state index is -0.175. The Hall–Kier alpha value is -1.93. The van der Waals surface area contributed by atoms with Crippen molar-refractivity contribution < 1.29 is 9.53 Å². The molecule has 1 heterocycles. The summed E-state index contributed by atoms with van der Waals surface area (Å²) in [6, 6.07) is 14.1. The summed E-state index contributed by atoms with van der Waals surface area (Å²) in [7, 11) is 0. The van der Waals surface area contributed by atoms with Crippen molar-refractivity contribution in [2.24, 2.45) is 0 Å². The normalized spacial score (nSPS) is 17.6. The molecule has 27 heavy (non-hydrogen) atoms. The van der Waals surface area contributed by atoms with Gasteiger partial charge in [-0.25, -0.2) is 0 Å². The van der Waals surface area contributed by atoms with E-state index >= 15 is 0 Å². The fraction of sp³-hybridized carbons (Fsp3) is 0.190. The van der Waals surface area contributed by atoms with Crippen molar-refractivity contribution in [3.63, 3.8) is 0 Å². The number of ether oxygens (including phenoxy) is 1. The lowest BCUT2D eigenvalue weighted by Crippen LogP contribution is -2.30. The average Bonchev–Trinajstić information content (AvgIpc) is 3.00. The molecule has 0 aliphatic carbocycles. The summed E-state index contributed by atoms with van der Waals surface area (Å²) in [4.78, 5) is 13.0. The first-order chi connectivity index (χ1) is 13.1. The Morgan fingerprint density at radius 3 is 2.74 bits per heavy atom. The highest BCUT2D eigenvalue weighted by molar-refractivity contribution is 14.1. The molecular formula is C21H21IN2O2S. The Bertz CT molecular complexity index is 865. The van der Waals surface area contributed by atoms with Gasteiger partial charge in [-0.1, -0.05) is 49.5 Å². The van der Waals surface area contributed by atoms with Gasteiger partial charge in [-0.15, -0.1) is 0 Å². The van der Waals surface area contributed by atoms with Crippen molar-refractivity contribution in [1.29, 1.82) is 0 Å². The van der Waals surface area contributed by atoms with Gasteiger partial charge in [0.05, 0.1) is 8.48 Å². The fourth-order valence-electron chi connectivity index (χ4n) is 2.58. The molecule has 1 fully saturated rings. The predicted octanol–water partition coefficient (Wildman–Crippen LogP) is 5.02. The molecule has 1 aliphatic rings. The van der Waals surface area contributed by atoms with Crippen LogP contribution in [0.15, 0.2) is 60.0 Å². The largest absolute Gasteiger partial charge is 0.488 e. The Morgan fingerprint density at radius 2 is 2.07 bits per heavy atom. The van der Waals surface area contributed by atoms with E-state index in [1.807, 2.05) is 36.4 Å². The fourth-order valence-corrected chi connectivity index (χ4v) is 4.26. The van der Waals surface area contributed by atoms with Crippen molar-refractivity contribution in [2.75, 3.05) is 11.9 Å². The van der Waals surface area contributed by atoms with E-state index < -0.39 is 0 Å².